The predicted molar refractivity (Wildman–Crippen MR) is 141 cm³/mol. The van der Waals surface area contributed by atoms with E-state index in [9.17, 15) is 13.6 Å². The third-order valence-electron chi connectivity index (χ3n) is 5.94. The molecule has 35 heavy (non-hydrogen) atoms. The van der Waals surface area contributed by atoms with E-state index in [0.29, 0.717) is 11.3 Å². The van der Waals surface area contributed by atoms with Crippen molar-refractivity contribution in [3.05, 3.63) is 71.0 Å². The average Bonchev–Trinajstić information content (AvgIpc) is 3.20. The number of rotatable bonds is 9. The molecule has 0 saturated heterocycles. The maximum absolute atomic E-state index is 13.4. The van der Waals surface area contributed by atoms with E-state index in [1.165, 1.54) is 0 Å². The van der Waals surface area contributed by atoms with Gasteiger partial charge in [-0.25, -0.2) is 0 Å². The van der Waals surface area contributed by atoms with Crippen LogP contribution in [0, 0.1) is 0 Å². The maximum Gasteiger partial charge on any atom is 0.243 e. The van der Waals surface area contributed by atoms with Crippen molar-refractivity contribution in [2.45, 2.75) is 51.3 Å². The van der Waals surface area contributed by atoms with Crippen molar-refractivity contribution in [3.8, 4) is 11.1 Å². The molecule has 1 heterocycles. The molecule has 2 atom stereocenters. The van der Waals surface area contributed by atoms with Gasteiger partial charge in [0.15, 0.2) is 0 Å². The number of hydrogen-bond acceptors (Lipinski definition) is 5. The van der Waals surface area contributed by atoms with E-state index < -0.39 is 22.2 Å². The minimum Gasteiger partial charge on any atom is -0.771 e. The predicted octanol–water partition coefficient (Wildman–Crippen LogP) is 4.95. The summed E-state index contributed by atoms with van der Waals surface area (Å²) in [7, 11) is 5.84. The Labute approximate surface area is 210 Å². The van der Waals surface area contributed by atoms with Crippen LogP contribution in [0.25, 0.3) is 11.1 Å². The quantitative estimate of drug-likeness (QED) is 0.424. The summed E-state index contributed by atoms with van der Waals surface area (Å²) < 4.78 is 26.8. The van der Waals surface area contributed by atoms with Gasteiger partial charge in [-0.3, -0.25) is 13.7 Å². The molecule has 1 N–H and O–H groups in total. The second-order valence-electron chi connectivity index (χ2n) is 9.84. The lowest BCUT2D eigenvalue weighted by molar-refractivity contribution is -0.116. The van der Waals surface area contributed by atoms with E-state index in [1.54, 1.807) is 23.0 Å². The molecule has 0 bridgehead atoms. The van der Waals surface area contributed by atoms with E-state index in [-0.39, 0.29) is 11.8 Å². The van der Waals surface area contributed by atoms with Crippen molar-refractivity contribution in [1.82, 2.24) is 14.7 Å². The third kappa shape index (κ3) is 6.45. The summed E-state index contributed by atoms with van der Waals surface area (Å²) in [6, 6.07) is 11.5. The zero-order valence-electron chi connectivity index (χ0n) is 21.5. The van der Waals surface area contributed by atoms with Crippen LogP contribution in [0.5, 0.6) is 0 Å². The first-order chi connectivity index (χ1) is 16.5. The molecule has 2 unspecified atom stereocenters. The van der Waals surface area contributed by atoms with Gasteiger partial charge in [0, 0.05) is 31.0 Å². The Hall–Kier alpha value is -2.81. The second kappa shape index (κ2) is 11.3. The molecule has 0 saturated carbocycles. The van der Waals surface area contributed by atoms with E-state index >= 15 is 0 Å². The molecule has 2 aromatic carbocycles. The molecule has 3 rings (SSSR count). The van der Waals surface area contributed by atoms with Crippen LogP contribution in [0.2, 0.25) is 0 Å². The topological polar surface area (TPSA) is 90.3 Å². The summed E-state index contributed by atoms with van der Waals surface area (Å²) in [6.45, 7) is 8.84. The molecular formula is C27H35N4O3S-. The highest BCUT2D eigenvalue weighted by molar-refractivity contribution is 7.80. The molecule has 0 radical (unpaired) electrons. The molecule has 1 amide bonds. The van der Waals surface area contributed by atoms with Crippen LogP contribution in [-0.4, -0.2) is 43.4 Å². The largest absolute Gasteiger partial charge is 0.771 e. The number of carbonyl (C=O) groups excluding carboxylic acids is 1. The van der Waals surface area contributed by atoms with Crippen LogP contribution in [0.3, 0.4) is 0 Å². The van der Waals surface area contributed by atoms with Gasteiger partial charge < -0.3 is 14.8 Å². The van der Waals surface area contributed by atoms with Gasteiger partial charge in [0.2, 0.25) is 5.91 Å². The Morgan fingerprint density at radius 2 is 1.63 bits per heavy atom. The van der Waals surface area contributed by atoms with Crippen molar-refractivity contribution in [2.75, 3.05) is 19.4 Å². The average molecular weight is 496 g/mol. The minimum atomic E-state index is -2.66. The molecule has 8 heteroatoms. The van der Waals surface area contributed by atoms with E-state index in [2.05, 4.69) is 15.3 Å². The summed E-state index contributed by atoms with van der Waals surface area (Å²) in [5.74, 6) is -0.525. The van der Waals surface area contributed by atoms with Crippen molar-refractivity contribution >= 4 is 22.7 Å². The summed E-state index contributed by atoms with van der Waals surface area (Å²) in [5, 5.41) is 5.78. The molecule has 7 nitrogen and oxygen atoms in total. The second-order valence-corrected chi connectivity index (χ2v) is 10.8. The third-order valence-corrected chi connectivity index (χ3v) is 6.77. The highest BCUT2D eigenvalue weighted by atomic mass is 32.2. The lowest BCUT2D eigenvalue weighted by Crippen LogP contribution is -2.27. The molecule has 3 aromatic rings. The molecule has 0 aliphatic carbocycles. The van der Waals surface area contributed by atoms with E-state index in [0.717, 1.165) is 34.4 Å². The van der Waals surface area contributed by atoms with Crippen LogP contribution < -0.4 is 5.32 Å². The number of amides is 1. The number of nitrogens with zero attached hydrogens (tertiary/aromatic N) is 3. The molecule has 188 valence electrons. The minimum absolute atomic E-state index is 0.0169. The first kappa shape index (κ1) is 26.8. The lowest BCUT2D eigenvalue weighted by atomic mass is 9.84. The Morgan fingerprint density at radius 1 is 1.06 bits per heavy atom. The lowest BCUT2D eigenvalue weighted by Gasteiger charge is -2.28. The van der Waals surface area contributed by atoms with Crippen LogP contribution in [0.1, 0.15) is 67.0 Å². The Morgan fingerprint density at radius 3 is 2.06 bits per heavy atom. The number of nitrogens with one attached hydrogen (secondary N) is 1. The fraction of sp³-hybridized carbons (Fsp3) is 0.407. The fourth-order valence-electron chi connectivity index (χ4n) is 4.28. The van der Waals surface area contributed by atoms with Gasteiger partial charge in [0.25, 0.3) is 0 Å². The standard InChI is InChI=1S/C27H36N4O3S/c1-17(2)23-12-20(21-14-28-31(7)16-21)13-24(18(3)4)25(23)26(35(33)34)27(32)29-22-10-8-19(9-11-22)15-30(5)6/h8-14,16-18,26H,15H2,1-7H3,(H,29,32)(H,33,34)/p-1. The van der Waals surface area contributed by atoms with Crippen molar-refractivity contribution in [2.24, 2.45) is 7.05 Å². The zero-order valence-corrected chi connectivity index (χ0v) is 22.3. The van der Waals surface area contributed by atoms with E-state index in [4.69, 9.17) is 0 Å². The van der Waals surface area contributed by atoms with E-state index in [1.807, 2.05) is 79.3 Å². The summed E-state index contributed by atoms with van der Waals surface area (Å²) in [5.41, 5.74) is 5.84. The van der Waals surface area contributed by atoms with Crippen molar-refractivity contribution < 1.29 is 13.6 Å². The smallest absolute Gasteiger partial charge is 0.243 e. The first-order valence-electron chi connectivity index (χ1n) is 11.8. The fourth-order valence-corrected chi connectivity index (χ4v) is 4.97. The normalized spacial score (nSPS) is 13.5. The van der Waals surface area contributed by atoms with Gasteiger partial charge in [-0.2, -0.15) is 5.10 Å². The summed E-state index contributed by atoms with van der Waals surface area (Å²) in [6.07, 6.45) is 3.72. The number of aromatic nitrogens is 2. The Balaban J connectivity index is 2.06. The van der Waals surface area contributed by atoms with Gasteiger partial charge in [0.1, 0.15) is 5.25 Å². The molecule has 0 fully saturated rings. The van der Waals surface area contributed by atoms with Gasteiger partial charge in [-0.05, 0) is 77.0 Å². The van der Waals surface area contributed by atoms with Crippen molar-refractivity contribution in [1.29, 1.82) is 0 Å². The molecule has 1 aromatic heterocycles. The summed E-state index contributed by atoms with van der Waals surface area (Å²) >= 11 is -2.66. The van der Waals surface area contributed by atoms with Crippen LogP contribution in [-0.2, 0) is 29.5 Å². The van der Waals surface area contributed by atoms with Gasteiger partial charge in [-0.1, -0.05) is 52.0 Å². The number of carbonyl (C=O) groups is 1. The molecule has 0 spiro atoms. The van der Waals surface area contributed by atoms with Crippen LogP contribution in [0.4, 0.5) is 5.69 Å². The highest BCUT2D eigenvalue weighted by Gasteiger charge is 2.30. The molecule has 0 aliphatic heterocycles. The van der Waals surface area contributed by atoms with Gasteiger partial charge in [0.05, 0.1) is 6.20 Å². The number of hydrogen-bond donors (Lipinski definition) is 1. The highest BCUT2D eigenvalue weighted by Crippen LogP contribution is 2.39. The zero-order chi connectivity index (χ0) is 25.9. The maximum atomic E-state index is 13.4. The van der Waals surface area contributed by atoms with Gasteiger partial charge >= 0.3 is 0 Å². The van der Waals surface area contributed by atoms with Crippen molar-refractivity contribution in [3.63, 3.8) is 0 Å². The number of benzene rings is 2. The number of aryl methyl sites for hydroxylation is 1. The van der Waals surface area contributed by atoms with Gasteiger partial charge in [-0.15, -0.1) is 0 Å². The monoisotopic (exact) mass is 495 g/mol. The Bertz CT molecular complexity index is 1170. The first-order valence-corrected chi connectivity index (χ1v) is 12.9. The van der Waals surface area contributed by atoms with Crippen LogP contribution in [0.15, 0.2) is 48.8 Å². The number of anilines is 1. The molecule has 0 aliphatic rings. The Kier molecular flexibility index (Phi) is 8.64. The SMILES string of the molecule is CC(C)c1cc(-c2cnn(C)c2)cc(C(C)C)c1C(C(=O)Nc1ccc(CN(C)C)cc1)S(=O)[O-]. The van der Waals surface area contributed by atoms with Crippen LogP contribution >= 0.6 is 0 Å². The molecular weight excluding hydrogens is 460 g/mol. The summed E-state index contributed by atoms with van der Waals surface area (Å²) in [4.78, 5) is 15.5.